The second kappa shape index (κ2) is 14.1. The number of hydrogen-bond acceptors (Lipinski definition) is 4. The highest BCUT2D eigenvalue weighted by Gasteiger charge is 2.24. The fraction of sp³-hybridized carbons (Fsp3) is 0.571. The van der Waals surface area contributed by atoms with Crippen molar-refractivity contribution >= 4 is 41.9 Å². The number of rotatable bonds is 7. The molecular formula is C21H34IN5O3. The Kier molecular flexibility index (Phi) is 12.2. The molecule has 1 aromatic rings. The number of likely N-dealkylation sites (tertiary alicyclic amines) is 1. The van der Waals surface area contributed by atoms with Crippen molar-refractivity contribution in [1.29, 1.82) is 0 Å². The molecule has 168 valence electrons. The predicted molar refractivity (Wildman–Crippen MR) is 129 cm³/mol. The minimum Gasteiger partial charge on any atom is -0.450 e. The van der Waals surface area contributed by atoms with Gasteiger partial charge in [-0.3, -0.25) is 9.79 Å². The largest absolute Gasteiger partial charge is 0.450 e. The van der Waals surface area contributed by atoms with E-state index in [0.717, 1.165) is 18.4 Å². The van der Waals surface area contributed by atoms with Crippen molar-refractivity contribution in [3.05, 3.63) is 35.9 Å². The Bertz CT molecular complexity index is 678. The zero-order valence-electron chi connectivity index (χ0n) is 18.1. The SMILES string of the molecule is CCOC(=O)N1CCC(NC(=NC)NCC(=O)N(CC)Cc2ccccc2)CC1.I. The van der Waals surface area contributed by atoms with E-state index in [9.17, 15) is 9.59 Å². The summed E-state index contributed by atoms with van der Waals surface area (Å²) < 4.78 is 5.05. The quantitative estimate of drug-likeness (QED) is 0.321. The Hall–Kier alpha value is -2.04. The van der Waals surface area contributed by atoms with Crippen LogP contribution in [0.15, 0.2) is 35.3 Å². The molecule has 0 unspecified atom stereocenters. The molecule has 1 aliphatic heterocycles. The van der Waals surface area contributed by atoms with Crippen LogP contribution in [0.25, 0.3) is 0 Å². The number of halogens is 1. The molecule has 9 heteroatoms. The van der Waals surface area contributed by atoms with Gasteiger partial charge in [0, 0.05) is 39.3 Å². The number of hydrogen-bond donors (Lipinski definition) is 2. The van der Waals surface area contributed by atoms with Crippen molar-refractivity contribution in [1.82, 2.24) is 20.4 Å². The van der Waals surface area contributed by atoms with Crippen LogP contribution in [0.4, 0.5) is 4.79 Å². The van der Waals surface area contributed by atoms with Crippen molar-refractivity contribution in [2.75, 3.05) is 39.8 Å². The van der Waals surface area contributed by atoms with Gasteiger partial charge in [-0.05, 0) is 32.3 Å². The maximum Gasteiger partial charge on any atom is 0.409 e. The number of carbonyl (C=O) groups is 2. The van der Waals surface area contributed by atoms with Crippen molar-refractivity contribution < 1.29 is 14.3 Å². The molecule has 0 atom stereocenters. The van der Waals surface area contributed by atoms with Crippen molar-refractivity contribution in [2.45, 2.75) is 39.3 Å². The van der Waals surface area contributed by atoms with Gasteiger partial charge in [0.05, 0.1) is 13.2 Å². The smallest absolute Gasteiger partial charge is 0.409 e. The van der Waals surface area contributed by atoms with Gasteiger partial charge in [0.2, 0.25) is 5.91 Å². The second-order valence-electron chi connectivity index (χ2n) is 6.92. The number of nitrogens with one attached hydrogen (secondary N) is 2. The number of benzene rings is 1. The Labute approximate surface area is 196 Å². The van der Waals surface area contributed by atoms with Crippen LogP contribution in [0.5, 0.6) is 0 Å². The van der Waals surface area contributed by atoms with E-state index in [2.05, 4.69) is 15.6 Å². The molecule has 2 amide bonds. The molecule has 1 heterocycles. The Balaban J connectivity index is 0.00000450. The first-order chi connectivity index (χ1) is 14.1. The molecule has 30 heavy (non-hydrogen) atoms. The highest BCUT2D eigenvalue weighted by molar-refractivity contribution is 14.0. The minimum absolute atomic E-state index is 0. The van der Waals surface area contributed by atoms with Gasteiger partial charge in [-0.2, -0.15) is 0 Å². The molecule has 0 aliphatic carbocycles. The van der Waals surface area contributed by atoms with Gasteiger partial charge < -0.3 is 25.2 Å². The summed E-state index contributed by atoms with van der Waals surface area (Å²) in [5.74, 6) is 0.625. The third kappa shape index (κ3) is 8.37. The van der Waals surface area contributed by atoms with Gasteiger partial charge in [0.15, 0.2) is 5.96 Å². The molecule has 1 saturated heterocycles. The van der Waals surface area contributed by atoms with Crippen LogP contribution in [-0.2, 0) is 16.1 Å². The van der Waals surface area contributed by atoms with Crippen LogP contribution >= 0.6 is 24.0 Å². The number of aliphatic imine (C=N–C) groups is 1. The minimum atomic E-state index is -0.253. The van der Waals surface area contributed by atoms with Crippen LogP contribution in [-0.4, -0.2) is 73.6 Å². The van der Waals surface area contributed by atoms with E-state index < -0.39 is 0 Å². The van der Waals surface area contributed by atoms with E-state index >= 15 is 0 Å². The number of guanidine groups is 1. The maximum atomic E-state index is 12.6. The number of nitrogens with zero attached hydrogens (tertiary/aromatic N) is 3. The van der Waals surface area contributed by atoms with E-state index in [1.165, 1.54) is 0 Å². The molecule has 0 radical (unpaired) electrons. The van der Waals surface area contributed by atoms with Gasteiger partial charge >= 0.3 is 6.09 Å². The number of amides is 2. The van der Waals surface area contributed by atoms with Gasteiger partial charge in [-0.15, -0.1) is 24.0 Å². The van der Waals surface area contributed by atoms with Gasteiger partial charge in [-0.25, -0.2) is 4.79 Å². The summed E-state index contributed by atoms with van der Waals surface area (Å²) in [4.78, 5) is 32.1. The standard InChI is InChI=1S/C21H33N5O3.HI/c1-4-25(16-17-9-7-6-8-10-17)19(27)15-23-20(22-3)24-18-11-13-26(14-12-18)21(28)29-5-2;/h6-10,18H,4-5,11-16H2,1-3H3,(H2,22,23,24);1H. The Morgan fingerprint density at radius 2 is 1.87 bits per heavy atom. The number of piperidine rings is 1. The third-order valence-electron chi connectivity index (χ3n) is 4.94. The molecule has 1 aromatic carbocycles. The molecule has 0 spiro atoms. The third-order valence-corrected chi connectivity index (χ3v) is 4.94. The summed E-state index contributed by atoms with van der Waals surface area (Å²) in [5, 5.41) is 6.46. The highest BCUT2D eigenvalue weighted by Crippen LogP contribution is 2.11. The summed E-state index contributed by atoms with van der Waals surface area (Å²) in [5.41, 5.74) is 1.11. The summed E-state index contributed by atoms with van der Waals surface area (Å²) in [6.45, 7) is 6.89. The molecule has 2 rings (SSSR count). The van der Waals surface area contributed by atoms with Gasteiger partial charge in [-0.1, -0.05) is 30.3 Å². The molecule has 2 N–H and O–H groups in total. The van der Waals surface area contributed by atoms with E-state index in [-0.39, 0.29) is 48.6 Å². The van der Waals surface area contributed by atoms with Gasteiger partial charge in [0.25, 0.3) is 0 Å². The molecule has 0 bridgehead atoms. The fourth-order valence-corrected chi connectivity index (χ4v) is 3.26. The first-order valence-corrected chi connectivity index (χ1v) is 10.3. The number of likely N-dealkylation sites (N-methyl/N-ethyl adjacent to an activating group) is 1. The summed E-state index contributed by atoms with van der Waals surface area (Å²) >= 11 is 0. The highest BCUT2D eigenvalue weighted by atomic mass is 127. The predicted octanol–water partition coefficient (Wildman–Crippen LogP) is 2.44. The number of carbonyl (C=O) groups excluding carboxylic acids is 2. The second-order valence-corrected chi connectivity index (χ2v) is 6.92. The van der Waals surface area contributed by atoms with Gasteiger partial charge in [0.1, 0.15) is 0 Å². The molecule has 0 aromatic heterocycles. The lowest BCUT2D eigenvalue weighted by Crippen LogP contribution is -2.51. The first-order valence-electron chi connectivity index (χ1n) is 10.3. The van der Waals surface area contributed by atoms with E-state index in [1.54, 1.807) is 11.9 Å². The molecule has 1 fully saturated rings. The zero-order chi connectivity index (χ0) is 21.1. The average Bonchev–Trinajstić information content (AvgIpc) is 2.76. The lowest BCUT2D eigenvalue weighted by Gasteiger charge is -2.32. The maximum absolute atomic E-state index is 12.6. The topological polar surface area (TPSA) is 86.3 Å². The van der Waals surface area contributed by atoms with E-state index in [0.29, 0.717) is 38.7 Å². The van der Waals surface area contributed by atoms with E-state index in [1.807, 2.05) is 49.1 Å². The first kappa shape index (κ1) is 26.0. The monoisotopic (exact) mass is 531 g/mol. The Morgan fingerprint density at radius 1 is 1.20 bits per heavy atom. The van der Waals surface area contributed by atoms with Crippen molar-refractivity contribution in [3.8, 4) is 0 Å². The summed E-state index contributed by atoms with van der Waals surface area (Å²) in [6.07, 6.45) is 1.36. The van der Waals surface area contributed by atoms with Crippen LogP contribution in [0.3, 0.4) is 0 Å². The van der Waals surface area contributed by atoms with Crippen molar-refractivity contribution in [2.24, 2.45) is 4.99 Å². The van der Waals surface area contributed by atoms with E-state index in [4.69, 9.17) is 4.74 Å². The molecular weight excluding hydrogens is 497 g/mol. The zero-order valence-corrected chi connectivity index (χ0v) is 20.4. The lowest BCUT2D eigenvalue weighted by molar-refractivity contribution is -0.130. The summed E-state index contributed by atoms with van der Waals surface area (Å²) in [6, 6.07) is 10.2. The lowest BCUT2D eigenvalue weighted by atomic mass is 10.1. The molecule has 8 nitrogen and oxygen atoms in total. The number of ether oxygens (including phenoxy) is 1. The van der Waals surface area contributed by atoms with Crippen LogP contribution in [0, 0.1) is 0 Å². The van der Waals surface area contributed by atoms with Crippen LogP contribution < -0.4 is 10.6 Å². The molecule has 0 saturated carbocycles. The van der Waals surface area contributed by atoms with Crippen molar-refractivity contribution in [3.63, 3.8) is 0 Å². The summed E-state index contributed by atoms with van der Waals surface area (Å²) in [7, 11) is 1.69. The molecule has 1 aliphatic rings. The fourth-order valence-electron chi connectivity index (χ4n) is 3.26. The van der Waals surface area contributed by atoms with Crippen LogP contribution in [0.2, 0.25) is 0 Å². The normalized spacial score (nSPS) is 14.5. The van der Waals surface area contributed by atoms with Crippen LogP contribution in [0.1, 0.15) is 32.3 Å². The average molecular weight is 531 g/mol. The Morgan fingerprint density at radius 3 is 2.43 bits per heavy atom.